The Balaban J connectivity index is 1.57. The second-order valence-corrected chi connectivity index (χ2v) is 5.57. The highest BCUT2D eigenvalue weighted by Crippen LogP contribution is 2.06. The highest BCUT2D eigenvalue weighted by Gasteiger charge is 2.13. The molecule has 1 aromatic carbocycles. The zero-order chi connectivity index (χ0) is 16.9. The van der Waals surface area contributed by atoms with E-state index in [1.807, 2.05) is 25.1 Å². The Morgan fingerprint density at radius 2 is 2.12 bits per heavy atom. The summed E-state index contributed by atoms with van der Waals surface area (Å²) in [5.74, 6) is -0.340. The first-order chi connectivity index (χ1) is 11.6. The number of benzene rings is 1. The van der Waals surface area contributed by atoms with Gasteiger partial charge in [0.25, 0.3) is 5.56 Å². The van der Waals surface area contributed by atoms with Crippen LogP contribution in [0.25, 0.3) is 10.8 Å². The Labute approximate surface area is 138 Å². The van der Waals surface area contributed by atoms with Crippen LogP contribution >= 0.6 is 0 Å². The standard InChI is InChI=1S/C16H18N6O2/c1-12(9-21-11-17-10-20-21)15(23)18-6-7-22-16(24)14-5-3-2-4-13(14)8-19-22/h2-5,8,10-12H,6-7,9H2,1H3,(H,18,23). The lowest BCUT2D eigenvalue weighted by atomic mass is 10.1. The van der Waals surface area contributed by atoms with Crippen molar-refractivity contribution in [1.29, 1.82) is 0 Å². The molecule has 0 aliphatic carbocycles. The van der Waals surface area contributed by atoms with Crippen LogP contribution in [-0.4, -0.2) is 37.0 Å². The van der Waals surface area contributed by atoms with E-state index in [-0.39, 0.29) is 17.4 Å². The average molecular weight is 326 g/mol. The summed E-state index contributed by atoms with van der Waals surface area (Å²) in [5.41, 5.74) is -0.155. The van der Waals surface area contributed by atoms with Gasteiger partial charge in [-0.25, -0.2) is 9.67 Å². The van der Waals surface area contributed by atoms with Crippen LogP contribution in [0, 0.1) is 5.92 Å². The van der Waals surface area contributed by atoms with Crippen molar-refractivity contribution in [2.75, 3.05) is 6.54 Å². The van der Waals surface area contributed by atoms with Gasteiger partial charge in [-0.3, -0.25) is 14.3 Å². The minimum atomic E-state index is -0.243. The molecule has 0 saturated heterocycles. The van der Waals surface area contributed by atoms with E-state index in [0.29, 0.717) is 25.0 Å². The summed E-state index contributed by atoms with van der Waals surface area (Å²) in [6.45, 7) is 2.94. The minimum absolute atomic E-state index is 0.0978. The Morgan fingerprint density at radius 3 is 2.92 bits per heavy atom. The third-order valence-electron chi connectivity index (χ3n) is 3.76. The van der Waals surface area contributed by atoms with Gasteiger partial charge in [-0.15, -0.1) is 0 Å². The van der Waals surface area contributed by atoms with E-state index in [0.717, 1.165) is 5.39 Å². The van der Waals surface area contributed by atoms with Crippen LogP contribution in [0.2, 0.25) is 0 Å². The monoisotopic (exact) mass is 326 g/mol. The van der Waals surface area contributed by atoms with Crippen molar-refractivity contribution in [1.82, 2.24) is 29.9 Å². The lowest BCUT2D eigenvalue weighted by Gasteiger charge is -2.12. The number of rotatable bonds is 6. The molecule has 0 saturated carbocycles. The maximum Gasteiger partial charge on any atom is 0.274 e. The molecule has 124 valence electrons. The van der Waals surface area contributed by atoms with Crippen molar-refractivity contribution >= 4 is 16.7 Å². The van der Waals surface area contributed by atoms with E-state index in [2.05, 4.69) is 20.5 Å². The third kappa shape index (κ3) is 3.48. The van der Waals surface area contributed by atoms with Crippen LogP contribution in [0.4, 0.5) is 0 Å². The molecule has 0 fully saturated rings. The second kappa shape index (κ2) is 7.03. The van der Waals surface area contributed by atoms with E-state index in [4.69, 9.17) is 0 Å². The van der Waals surface area contributed by atoms with Crippen molar-refractivity contribution in [3.05, 3.63) is 53.5 Å². The molecule has 1 unspecified atom stereocenters. The average Bonchev–Trinajstić information content (AvgIpc) is 3.10. The second-order valence-electron chi connectivity index (χ2n) is 5.57. The summed E-state index contributed by atoms with van der Waals surface area (Å²) in [7, 11) is 0. The molecule has 3 aromatic rings. The van der Waals surface area contributed by atoms with E-state index in [1.54, 1.807) is 23.3 Å². The molecule has 0 radical (unpaired) electrons. The predicted octanol–water partition coefficient (Wildman–Crippen LogP) is 0.440. The van der Waals surface area contributed by atoms with Crippen LogP contribution in [0.3, 0.4) is 0 Å². The summed E-state index contributed by atoms with van der Waals surface area (Å²) in [6, 6.07) is 7.31. The van der Waals surface area contributed by atoms with Crippen molar-refractivity contribution in [3.8, 4) is 0 Å². The van der Waals surface area contributed by atoms with Gasteiger partial charge in [0.2, 0.25) is 5.91 Å². The van der Waals surface area contributed by atoms with Gasteiger partial charge in [0.1, 0.15) is 12.7 Å². The van der Waals surface area contributed by atoms with Gasteiger partial charge in [0.05, 0.1) is 30.6 Å². The van der Waals surface area contributed by atoms with Crippen molar-refractivity contribution < 1.29 is 4.79 Å². The maximum atomic E-state index is 12.3. The van der Waals surface area contributed by atoms with Crippen LogP contribution < -0.4 is 10.9 Å². The SMILES string of the molecule is CC(Cn1cncn1)C(=O)NCCn1ncc2ccccc2c1=O. The topological polar surface area (TPSA) is 94.7 Å². The number of carbonyl (C=O) groups is 1. The zero-order valence-corrected chi connectivity index (χ0v) is 13.3. The Kier molecular flexibility index (Phi) is 4.64. The van der Waals surface area contributed by atoms with Crippen LogP contribution in [0.1, 0.15) is 6.92 Å². The normalized spacial score (nSPS) is 12.2. The van der Waals surface area contributed by atoms with E-state index in [9.17, 15) is 9.59 Å². The summed E-state index contributed by atoms with van der Waals surface area (Å²) in [6.07, 6.45) is 4.66. The van der Waals surface area contributed by atoms with Crippen LogP contribution in [-0.2, 0) is 17.9 Å². The first-order valence-electron chi connectivity index (χ1n) is 7.70. The quantitative estimate of drug-likeness (QED) is 0.709. The van der Waals surface area contributed by atoms with E-state index < -0.39 is 0 Å². The lowest BCUT2D eigenvalue weighted by Crippen LogP contribution is -2.36. The Bertz CT molecular complexity index is 887. The molecular weight excluding hydrogens is 308 g/mol. The molecule has 3 rings (SSSR count). The van der Waals surface area contributed by atoms with Gasteiger partial charge in [0, 0.05) is 11.9 Å². The number of aromatic nitrogens is 5. The Hall–Kier alpha value is -3.03. The molecular formula is C16H18N6O2. The van der Waals surface area contributed by atoms with Gasteiger partial charge in [-0.1, -0.05) is 25.1 Å². The molecule has 0 aliphatic heterocycles. The summed E-state index contributed by atoms with van der Waals surface area (Å²) < 4.78 is 2.98. The number of amides is 1. The van der Waals surface area contributed by atoms with E-state index in [1.165, 1.54) is 11.0 Å². The van der Waals surface area contributed by atoms with Gasteiger partial charge in [-0.2, -0.15) is 10.2 Å². The van der Waals surface area contributed by atoms with Crippen LogP contribution in [0.15, 0.2) is 47.9 Å². The molecule has 2 heterocycles. The van der Waals surface area contributed by atoms with Crippen molar-refractivity contribution in [2.24, 2.45) is 5.92 Å². The smallest absolute Gasteiger partial charge is 0.274 e. The first-order valence-corrected chi connectivity index (χ1v) is 7.70. The maximum absolute atomic E-state index is 12.3. The van der Waals surface area contributed by atoms with Gasteiger partial charge in [0.15, 0.2) is 0 Å². The fraction of sp³-hybridized carbons (Fsp3) is 0.312. The zero-order valence-electron chi connectivity index (χ0n) is 13.3. The fourth-order valence-corrected chi connectivity index (χ4v) is 2.44. The number of nitrogens with one attached hydrogen (secondary N) is 1. The number of nitrogens with zero attached hydrogens (tertiary/aromatic N) is 5. The van der Waals surface area contributed by atoms with Crippen molar-refractivity contribution in [2.45, 2.75) is 20.0 Å². The molecule has 1 N–H and O–H groups in total. The molecule has 24 heavy (non-hydrogen) atoms. The molecule has 8 heteroatoms. The number of fused-ring (bicyclic) bond motifs is 1. The number of hydrogen-bond donors (Lipinski definition) is 1. The third-order valence-corrected chi connectivity index (χ3v) is 3.76. The van der Waals surface area contributed by atoms with Gasteiger partial charge < -0.3 is 5.32 Å². The van der Waals surface area contributed by atoms with Crippen molar-refractivity contribution in [3.63, 3.8) is 0 Å². The predicted molar refractivity (Wildman–Crippen MR) is 88.2 cm³/mol. The molecule has 8 nitrogen and oxygen atoms in total. The molecule has 0 spiro atoms. The highest BCUT2D eigenvalue weighted by atomic mass is 16.2. The summed E-state index contributed by atoms with van der Waals surface area (Å²) in [4.78, 5) is 28.2. The minimum Gasteiger partial charge on any atom is -0.354 e. The molecule has 2 aromatic heterocycles. The van der Waals surface area contributed by atoms with E-state index >= 15 is 0 Å². The summed E-state index contributed by atoms with van der Waals surface area (Å²) in [5, 5.41) is 12.4. The lowest BCUT2D eigenvalue weighted by molar-refractivity contribution is -0.125. The van der Waals surface area contributed by atoms with Gasteiger partial charge >= 0.3 is 0 Å². The van der Waals surface area contributed by atoms with Gasteiger partial charge in [-0.05, 0) is 6.07 Å². The largest absolute Gasteiger partial charge is 0.354 e. The highest BCUT2D eigenvalue weighted by molar-refractivity contribution is 5.80. The molecule has 1 amide bonds. The molecule has 0 bridgehead atoms. The Morgan fingerprint density at radius 1 is 1.29 bits per heavy atom. The molecule has 1 atom stereocenters. The summed E-state index contributed by atoms with van der Waals surface area (Å²) >= 11 is 0. The first kappa shape index (κ1) is 15.9. The fourth-order valence-electron chi connectivity index (χ4n) is 2.44. The van der Waals surface area contributed by atoms with Crippen LogP contribution in [0.5, 0.6) is 0 Å². The number of carbonyl (C=O) groups excluding carboxylic acids is 1. The molecule has 0 aliphatic rings. The number of hydrogen-bond acceptors (Lipinski definition) is 5.